The van der Waals surface area contributed by atoms with Crippen LogP contribution in [0.15, 0.2) is 121 Å². The minimum absolute atomic E-state index is 0.0264. The fraction of sp³-hybridized carbons (Fsp3) is 0.333. The van der Waals surface area contributed by atoms with Gasteiger partial charge in [0, 0.05) is 32.9 Å². The third-order valence-corrected chi connectivity index (χ3v) is 17.1. The average Bonchev–Trinajstić information content (AvgIpc) is 3.74. The van der Waals surface area contributed by atoms with E-state index in [1.165, 1.54) is 88.4 Å². The van der Waals surface area contributed by atoms with E-state index in [1.807, 2.05) is 0 Å². The lowest BCUT2D eigenvalue weighted by molar-refractivity contribution is 0.125. The van der Waals surface area contributed by atoms with Gasteiger partial charge in [-0.05, 0) is 127 Å². The first-order valence-electron chi connectivity index (χ1n) is 20.7. The van der Waals surface area contributed by atoms with Gasteiger partial charge in [0.1, 0.15) is 0 Å². The highest BCUT2D eigenvalue weighted by Crippen LogP contribution is 2.63. The van der Waals surface area contributed by atoms with Crippen LogP contribution in [-0.4, -0.2) is 9.13 Å². The van der Waals surface area contributed by atoms with Crippen LogP contribution in [0.1, 0.15) is 105 Å². The summed E-state index contributed by atoms with van der Waals surface area (Å²) in [6.45, 7) is 29.4. The molecule has 0 N–H and O–H groups in total. The molecule has 0 unspecified atom stereocenters. The largest absolute Gasteiger partial charge is 0.309 e. The normalized spacial score (nSPS) is 19.6. The van der Waals surface area contributed by atoms with E-state index >= 15 is 0 Å². The summed E-state index contributed by atoms with van der Waals surface area (Å²) >= 11 is 0. The first-order valence-corrected chi connectivity index (χ1v) is 20.7. The van der Waals surface area contributed by atoms with Gasteiger partial charge in [0.2, 0.25) is 0 Å². The first-order chi connectivity index (χ1) is 26.3. The van der Waals surface area contributed by atoms with Crippen LogP contribution in [0.2, 0.25) is 0 Å². The predicted octanol–water partition coefficient (Wildman–Crippen LogP) is 14.7. The van der Waals surface area contributed by atoms with E-state index in [4.69, 9.17) is 0 Å². The Morgan fingerprint density at radius 2 is 0.643 bits per heavy atom. The highest BCUT2D eigenvalue weighted by Gasteiger charge is 2.58. The number of hydrogen-bond donors (Lipinski definition) is 0. The molecule has 0 saturated carbocycles. The monoisotopic (exact) mass is 732 g/mol. The zero-order chi connectivity index (χ0) is 39.5. The van der Waals surface area contributed by atoms with Gasteiger partial charge in [-0.2, -0.15) is 0 Å². The summed E-state index contributed by atoms with van der Waals surface area (Å²) in [5.74, 6) is 0. The SMILES string of the molecule is CC1(C)c2cc3c4ccccc4n(-c4cccc(-c5cccc(-n6c7ccccc7c7cc8c(cc76)C(C)(C)C(C)(C)C8(C)C)c5)c4)c3cc2C(C)(C)C1(C)C. The van der Waals surface area contributed by atoms with Gasteiger partial charge in [0.25, 0.3) is 0 Å². The molecule has 2 heteroatoms. The van der Waals surface area contributed by atoms with Crippen molar-refractivity contribution in [2.45, 2.75) is 105 Å². The molecule has 282 valence electrons. The molecule has 0 fully saturated rings. The Balaban J connectivity index is 1.15. The highest BCUT2D eigenvalue weighted by atomic mass is 15.0. The Morgan fingerprint density at radius 1 is 0.304 bits per heavy atom. The Hall–Kier alpha value is -5.08. The fourth-order valence-electron chi connectivity index (χ4n) is 11.2. The molecule has 0 radical (unpaired) electrons. The predicted molar refractivity (Wildman–Crippen MR) is 240 cm³/mol. The topological polar surface area (TPSA) is 9.86 Å². The molecule has 2 aromatic heterocycles. The lowest BCUT2D eigenvalue weighted by atomic mass is 9.59. The van der Waals surface area contributed by atoms with Crippen LogP contribution in [0.5, 0.6) is 0 Å². The smallest absolute Gasteiger partial charge is 0.0544 e. The molecule has 2 nitrogen and oxygen atoms in total. The quantitative estimate of drug-likeness (QED) is 0.171. The van der Waals surface area contributed by atoms with Crippen molar-refractivity contribution in [3.8, 4) is 22.5 Å². The summed E-state index contributed by atoms with van der Waals surface area (Å²) in [7, 11) is 0. The van der Waals surface area contributed by atoms with Crippen molar-refractivity contribution in [3.63, 3.8) is 0 Å². The minimum Gasteiger partial charge on any atom is -0.309 e. The average molecular weight is 733 g/mol. The number of fused-ring (bicyclic) bond motifs is 8. The lowest BCUT2D eigenvalue weighted by Gasteiger charge is -2.44. The van der Waals surface area contributed by atoms with E-state index in [-0.39, 0.29) is 32.5 Å². The van der Waals surface area contributed by atoms with E-state index in [9.17, 15) is 0 Å². The van der Waals surface area contributed by atoms with Crippen LogP contribution in [0, 0.1) is 10.8 Å². The summed E-state index contributed by atoms with van der Waals surface area (Å²) < 4.78 is 5.01. The van der Waals surface area contributed by atoms with Gasteiger partial charge in [-0.1, -0.05) is 144 Å². The van der Waals surface area contributed by atoms with Crippen molar-refractivity contribution in [2.75, 3.05) is 0 Å². The Kier molecular flexibility index (Phi) is 6.85. The van der Waals surface area contributed by atoms with E-state index in [2.05, 4.69) is 214 Å². The molecular formula is C54H56N2. The number of hydrogen-bond acceptors (Lipinski definition) is 0. The molecule has 0 bridgehead atoms. The maximum Gasteiger partial charge on any atom is 0.0544 e. The van der Waals surface area contributed by atoms with Gasteiger partial charge in [-0.25, -0.2) is 0 Å². The van der Waals surface area contributed by atoms with E-state index in [0.717, 1.165) is 0 Å². The molecule has 0 atom stereocenters. The minimum atomic E-state index is 0.0264. The van der Waals surface area contributed by atoms with E-state index in [0.29, 0.717) is 0 Å². The molecule has 2 heterocycles. The molecule has 0 aliphatic heterocycles. The molecule has 2 aliphatic carbocycles. The van der Waals surface area contributed by atoms with E-state index < -0.39 is 0 Å². The lowest BCUT2D eigenvalue weighted by Crippen LogP contribution is -2.42. The van der Waals surface area contributed by atoms with Crippen LogP contribution in [0.4, 0.5) is 0 Å². The molecular weight excluding hydrogens is 677 g/mol. The summed E-state index contributed by atoms with van der Waals surface area (Å²) in [5.41, 5.74) is 16.1. The maximum atomic E-state index is 2.53. The van der Waals surface area contributed by atoms with Gasteiger partial charge in [0.15, 0.2) is 0 Å². The van der Waals surface area contributed by atoms with Gasteiger partial charge < -0.3 is 9.13 Å². The summed E-state index contributed by atoms with van der Waals surface area (Å²) in [4.78, 5) is 0. The second-order valence-electron chi connectivity index (χ2n) is 20.4. The van der Waals surface area contributed by atoms with Crippen LogP contribution in [0.25, 0.3) is 66.1 Å². The number of rotatable bonds is 3. The summed E-state index contributed by atoms with van der Waals surface area (Å²) in [6.07, 6.45) is 0. The van der Waals surface area contributed by atoms with Crippen LogP contribution < -0.4 is 0 Å². The van der Waals surface area contributed by atoms with Crippen LogP contribution in [-0.2, 0) is 21.7 Å². The molecule has 8 aromatic rings. The number of nitrogens with zero attached hydrogens (tertiary/aromatic N) is 2. The van der Waals surface area contributed by atoms with Crippen molar-refractivity contribution in [2.24, 2.45) is 10.8 Å². The molecule has 0 spiro atoms. The maximum absolute atomic E-state index is 2.53. The number of para-hydroxylation sites is 2. The van der Waals surface area contributed by atoms with Crippen LogP contribution >= 0.6 is 0 Å². The van der Waals surface area contributed by atoms with Crippen molar-refractivity contribution < 1.29 is 0 Å². The Bertz CT molecular complexity index is 2760. The molecule has 0 saturated heterocycles. The van der Waals surface area contributed by atoms with Crippen molar-refractivity contribution >= 4 is 43.6 Å². The van der Waals surface area contributed by atoms with Crippen molar-refractivity contribution in [1.82, 2.24) is 9.13 Å². The highest BCUT2D eigenvalue weighted by molar-refractivity contribution is 6.11. The summed E-state index contributed by atoms with van der Waals surface area (Å²) in [6, 6.07) is 46.4. The van der Waals surface area contributed by atoms with Gasteiger partial charge in [-0.3, -0.25) is 0 Å². The zero-order valence-corrected chi connectivity index (χ0v) is 35.4. The molecule has 56 heavy (non-hydrogen) atoms. The van der Waals surface area contributed by atoms with E-state index in [1.54, 1.807) is 0 Å². The van der Waals surface area contributed by atoms with Gasteiger partial charge in [0.05, 0.1) is 22.1 Å². The molecule has 10 rings (SSSR count). The van der Waals surface area contributed by atoms with Gasteiger partial charge >= 0.3 is 0 Å². The molecule has 2 aliphatic rings. The number of benzene rings is 6. The fourth-order valence-corrected chi connectivity index (χ4v) is 11.2. The van der Waals surface area contributed by atoms with Crippen molar-refractivity contribution in [1.29, 1.82) is 0 Å². The first kappa shape index (κ1) is 35.3. The zero-order valence-electron chi connectivity index (χ0n) is 35.4. The Labute approximate surface area is 333 Å². The second kappa shape index (κ2) is 10.9. The van der Waals surface area contributed by atoms with Gasteiger partial charge in [-0.15, -0.1) is 0 Å². The molecule has 6 aromatic carbocycles. The molecule has 0 amide bonds. The van der Waals surface area contributed by atoms with Crippen LogP contribution in [0.3, 0.4) is 0 Å². The third-order valence-electron chi connectivity index (χ3n) is 17.1. The summed E-state index contributed by atoms with van der Waals surface area (Å²) in [5, 5.41) is 5.29. The van der Waals surface area contributed by atoms with Crippen molar-refractivity contribution in [3.05, 3.63) is 144 Å². The second-order valence-corrected chi connectivity index (χ2v) is 20.4. The Morgan fingerprint density at radius 3 is 1.02 bits per heavy atom. The third kappa shape index (κ3) is 4.13. The number of aromatic nitrogens is 2. The standard InChI is InChI=1S/C54H56N2/c1-49(2)41-29-39-37-23-13-15-25-45(37)55(47(39)31-43(41)51(5,6)53(49,9)10)35-21-17-19-33(27-35)34-20-18-22-36(28-34)56-46-26-16-14-24-38(46)40-30-42-44(32-48(40)56)52(7,8)54(11,12)50(42,3)4/h13-32H,1-12H3.